The summed E-state index contributed by atoms with van der Waals surface area (Å²) in [7, 11) is 0. The van der Waals surface area contributed by atoms with Crippen LogP contribution >= 0.6 is 12.6 Å². The van der Waals surface area contributed by atoms with Crippen LogP contribution in [0.1, 0.15) is 18.1 Å². The first-order valence-corrected chi connectivity index (χ1v) is 5.22. The van der Waals surface area contributed by atoms with Gasteiger partial charge in [-0.15, -0.1) is 0 Å². The van der Waals surface area contributed by atoms with Crippen molar-refractivity contribution in [3.8, 4) is 0 Å². The van der Waals surface area contributed by atoms with Crippen LogP contribution < -0.4 is 11.3 Å². The molecule has 0 amide bonds. The molecule has 5 N–H and O–H groups in total. The molecular formula is C9H15N3O2S. The van der Waals surface area contributed by atoms with Crippen molar-refractivity contribution in [2.45, 2.75) is 18.6 Å². The number of nitrogens with two attached hydrogens (primary N) is 1. The minimum absolute atomic E-state index is 0.432. The van der Waals surface area contributed by atoms with Crippen LogP contribution in [0.15, 0.2) is 18.3 Å². The number of pyridine rings is 1. The number of anilines is 1. The first-order chi connectivity index (χ1) is 7.19. The summed E-state index contributed by atoms with van der Waals surface area (Å²) in [5.74, 6) is 6.18. The summed E-state index contributed by atoms with van der Waals surface area (Å²) in [5.41, 5.74) is 2.94. The molecule has 0 fully saturated rings. The third-order valence-corrected chi connectivity index (χ3v) is 2.32. The maximum Gasteiger partial charge on any atom is 0.139 e. The van der Waals surface area contributed by atoms with Gasteiger partial charge in [0.2, 0.25) is 0 Å². The maximum atomic E-state index is 9.71. The van der Waals surface area contributed by atoms with Gasteiger partial charge in [-0.25, -0.2) is 10.8 Å². The Labute approximate surface area is 93.7 Å². The minimum Gasteiger partial charge on any atom is -0.390 e. The molecule has 0 spiro atoms. The Balaban J connectivity index is 2.69. The van der Waals surface area contributed by atoms with Crippen molar-refractivity contribution in [2.75, 3.05) is 11.2 Å². The van der Waals surface area contributed by atoms with Crippen LogP contribution in [0.25, 0.3) is 0 Å². The largest absolute Gasteiger partial charge is 0.390 e. The Kier molecular flexibility index (Phi) is 4.83. The maximum absolute atomic E-state index is 9.71. The SMILES string of the molecule is NNc1ccc(C(O)C(O)CCS)cn1. The molecule has 84 valence electrons. The summed E-state index contributed by atoms with van der Waals surface area (Å²) in [6, 6.07) is 3.29. The number of hydrogen-bond donors (Lipinski definition) is 5. The van der Waals surface area contributed by atoms with Crippen LogP contribution in [0.4, 0.5) is 5.82 Å². The van der Waals surface area contributed by atoms with Crippen LogP contribution in [0, 0.1) is 0 Å². The highest BCUT2D eigenvalue weighted by atomic mass is 32.1. The Morgan fingerprint density at radius 1 is 1.47 bits per heavy atom. The van der Waals surface area contributed by atoms with Crippen molar-refractivity contribution in [2.24, 2.45) is 5.84 Å². The van der Waals surface area contributed by atoms with Gasteiger partial charge in [-0.1, -0.05) is 6.07 Å². The first kappa shape index (κ1) is 12.3. The van der Waals surface area contributed by atoms with Gasteiger partial charge < -0.3 is 15.6 Å². The van der Waals surface area contributed by atoms with Gasteiger partial charge in [-0.05, 0) is 18.2 Å². The third-order valence-electron chi connectivity index (χ3n) is 2.07. The molecule has 1 rings (SSSR count). The molecule has 0 aliphatic heterocycles. The monoisotopic (exact) mass is 229 g/mol. The van der Waals surface area contributed by atoms with Crippen molar-refractivity contribution in [3.63, 3.8) is 0 Å². The van der Waals surface area contributed by atoms with E-state index < -0.39 is 12.2 Å². The number of aromatic nitrogens is 1. The van der Waals surface area contributed by atoms with Crippen LogP contribution in [0.5, 0.6) is 0 Å². The van der Waals surface area contributed by atoms with Gasteiger partial charge in [-0.3, -0.25) is 0 Å². The molecule has 6 heteroatoms. The van der Waals surface area contributed by atoms with Crippen molar-refractivity contribution < 1.29 is 10.2 Å². The molecule has 0 aliphatic rings. The van der Waals surface area contributed by atoms with E-state index in [2.05, 4.69) is 23.0 Å². The molecule has 0 radical (unpaired) electrons. The van der Waals surface area contributed by atoms with E-state index in [1.165, 1.54) is 6.20 Å². The van der Waals surface area contributed by atoms with Gasteiger partial charge in [0, 0.05) is 11.8 Å². The molecule has 2 atom stereocenters. The van der Waals surface area contributed by atoms with Gasteiger partial charge >= 0.3 is 0 Å². The molecule has 1 aromatic heterocycles. The average molecular weight is 229 g/mol. The number of rotatable bonds is 5. The second-order valence-corrected chi connectivity index (χ2v) is 3.59. The Bertz CT molecular complexity index is 294. The number of hydrazine groups is 1. The molecule has 0 saturated carbocycles. The van der Waals surface area contributed by atoms with E-state index in [9.17, 15) is 10.2 Å². The fourth-order valence-corrected chi connectivity index (χ4v) is 1.44. The van der Waals surface area contributed by atoms with E-state index in [0.29, 0.717) is 23.6 Å². The highest BCUT2D eigenvalue weighted by Crippen LogP contribution is 2.19. The molecule has 1 aromatic rings. The quantitative estimate of drug-likeness (QED) is 0.280. The fraction of sp³-hybridized carbons (Fsp3) is 0.444. The molecule has 0 saturated heterocycles. The summed E-state index contributed by atoms with van der Waals surface area (Å²) < 4.78 is 0. The number of nitrogen functional groups attached to an aromatic ring is 1. The number of thiol groups is 1. The second-order valence-electron chi connectivity index (χ2n) is 3.15. The summed E-state index contributed by atoms with van der Waals surface area (Å²) in [5, 5.41) is 19.2. The number of hydrogen-bond acceptors (Lipinski definition) is 6. The predicted molar refractivity (Wildman–Crippen MR) is 61.5 cm³/mol. The van der Waals surface area contributed by atoms with Crippen molar-refractivity contribution in [1.82, 2.24) is 4.98 Å². The topological polar surface area (TPSA) is 91.4 Å². The fourth-order valence-electron chi connectivity index (χ4n) is 1.18. The first-order valence-electron chi connectivity index (χ1n) is 4.58. The normalized spacial score (nSPS) is 14.7. The molecule has 0 aliphatic carbocycles. The number of aliphatic hydroxyl groups excluding tert-OH is 2. The molecular weight excluding hydrogens is 214 g/mol. The van der Waals surface area contributed by atoms with E-state index in [-0.39, 0.29) is 0 Å². The van der Waals surface area contributed by atoms with Crippen LogP contribution in [-0.4, -0.2) is 27.1 Å². The number of nitrogens with one attached hydrogen (secondary N) is 1. The van der Waals surface area contributed by atoms with Crippen LogP contribution in [0.2, 0.25) is 0 Å². The molecule has 15 heavy (non-hydrogen) atoms. The van der Waals surface area contributed by atoms with E-state index in [1.807, 2.05) is 0 Å². The van der Waals surface area contributed by atoms with Gasteiger partial charge in [0.1, 0.15) is 11.9 Å². The number of aliphatic hydroxyl groups is 2. The van der Waals surface area contributed by atoms with Crippen LogP contribution in [0.3, 0.4) is 0 Å². The average Bonchev–Trinajstić information content (AvgIpc) is 2.28. The van der Waals surface area contributed by atoms with Crippen molar-refractivity contribution in [1.29, 1.82) is 0 Å². The number of nitrogens with zero attached hydrogens (tertiary/aromatic N) is 1. The second kappa shape index (κ2) is 5.92. The van der Waals surface area contributed by atoms with Crippen molar-refractivity contribution in [3.05, 3.63) is 23.9 Å². The zero-order valence-corrected chi connectivity index (χ0v) is 9.06. The smallest absolute Gasteiger partial charge is 0.139 e. The van der Waals surface area contributed by atoms with Gasteiger partial charge in [0.15, 0.2) is 0 Å². The molecule has 0 aromatic carbocycles. The van der Waals surface area contributed by atoms with Gasteiger partial charge in [0.25, 0.3) is 0 Å². The van der Waals surface area contributed by atoms with E-state index in [1.54, 1.807) is 12.1 Å². The zero-order valence-electron chi connectivity index (χ0n) is 8.17. The lowest BCUT2D eigenvalue weighted by Gasteiger charge is -2.17. The standard InChI is InChI=1S/C9H15N3O2S/c10-12-8-2-1-6(5-11-8)9(14)7(13)3-4-15/h1-2,5,7,9,13-15H,3-4,10H2,(H,11,12). The highest BCUT2D eigenvalue weighted by molar-refractivity contribution is 7.80. The summed E-state index contributed by atoms with van der Waals surface area (Å²) in [4.78, 5) is 3.93. The van der Waals surface area contributed by atoms with E-state index >= 15 is 0 Å². The molecule has 0 bridgehead atoms. The van der Waals surface area contributed by atoms with Gasteiger partial charge in [-0.2, -0.15) is 12.6 Å². The van der Waals surface area contributed by atoms with Crippen LogP contribution in [-0.2, 0) is 0 Å². The highest BCUT2D eigenvalue weighted by Gasteiger charge is 2.17. The predicted octanol–water partition coefficient (Wildman–Crippen LogP) is 0.0814. The Morgan fingerprint density at radius 2 is 2.20 bits per heavy atom. The van der Waals surface area contributed by atoms with Gasteiger partial charge in [0.05, 0.1) is 6.10 Å². The molecule has 2 unspecified atom stereocenters. The lowest BCUT2D eigenvalue weighted by atomic mass is 10.0. The summed E-state index contributed by atoms with van der Waals surface area (Å²) in [6.07, 6.45) is 0.153. The third kappa shape index (κ3) is 3.35. The zero-order chi connectivity index (χ0) is 11.3. The van der Waals surface area contributed by atoms with Crippen molar-refractivity contribution >= 4 is 18.4 Å². The minimum atomic E-state index is -0.934. The Hall–Kier alpha value is -0.820. The lowest BCUT2D eigenvalue weighted by molar-refractivity contribution is 0.0170. The molecule has 5 nitrogen and oxygen atoms in total. The Morgan fingerprint density at radius 3 is 2.67 bits per heavy atom. The lowest BCUT2D eigenvalue weighted by Crippen LogP contribution is -2.19. The summed E-state index contributed by atoms with van der Waals surface area (Å²) >= 11 is 3.99. The van der Waals surface area contributed by atoms with E-state index in [0.717, 1.165) is 0 Å². The van der Waals surface area contributed by atoms with E-state index in [4.69, 9.17) is 5.84 Å². The summed E-state index contributed by atoms with van der Waals surface area (Å²) in [6.45, 7) is 0. The molecule has 1 heterocycles.